The molecular weight excluding hydrogens is 346 g/mol. The van der Waals surface area contributed by atoms with Crippen molar-refractivity contribution in [1.82, 2.24) is 4.90 Å². The standard InChI is InChI=1S/C24H31N3O/c25-21-6-2-3-7-22(21)26-23(28)20-10-8-19(9-11-20)18-27-16-14-24(15-17-27)12-4-1-5-13-24/h2-3,6-11H,1,4-5,12-18,25H2,(H,26,28). The molecule has 3 N–H and O–H groups in total. The highest BCUT2D eigenvalue weighted by molar-refractivity contribution is 6.05. The van der Waals surface area contributed by atoms with Gasteiger partial charge in [0.05, 0.1) is 11.4 Å². The monoisotopic (exact) mass is 377 g/mol. The number of nitrogens with two attached hydrogens (primary N) is 1. The molecule has 2 aliphatic rings. The van der Waals surface area contributed by atoms with E-state index in [2.05, 4.69) is 22.3 Å². The van der Waals surface area contributed by atoms with Crippen molar-refractivity contribution in [3.05, 3.63) is 59.7 Å². The van der Waals surface area contributed by atoms with Crippen molar-refractivity contribution in [2.75, 3.05) is 24.1 Å². The van der Waals surface area contributed by atoms with E-state index >= 15 is 0 Å². The second-order valence-electron chi connectivity index (χ2n) is 8.58. The van der Waals surface area contributed by atoms with Crippen LogP contribution in [0.25, 0.3) is 0 Å². The maximum atomic E-state index is 12.5. The number of carbonyl (C=O) groups excluding carboxylic acids is 1. The summed E-state index contributed by atoms with van der Waals surface area (Å²) in [4.78, 5) is 15.0. The number of hydrogen-bond acceptors (Lipinski definition) is 3. The molecule has 2 aromatic rings. The molecule has 2 fully saturated rings. The number of piperidine rings is 1. The first-order valence-corrected chi connectivity index (χ1v) is 10.6. The zero-order valence-corrected chi connectivity index (χ0v) is 16.6. The SMILES string of the molecule is Nc1ccccc1NC(=O)c1ccc(CN2CCC3(CCCCC3)CC2)cc1. The Balaban J connectivity index is 1.31. The van der Waals surface area contributed by atoms with Gasteiger partial charge < -0.3 is 11.1 Å². The van der Waals surface area contributed by atoms with E-state index in [0.29, 0.717) is 22.4 Å². The number of nitrogens with one attached hydrogen (secondary N) is 1. The lowest BCUT2D eigenvalue weighted by atomic mass is 9.68. The van der Waals surface area contributed by atoms with E-state index in [4.69, 9.17) is 5.73 Å². The van der Waals surface area contributed by atoms with E-state index in [9.17, 15) is 4.79 Å². The molecular formula is C24H31N3O. The first kappa shape index (κ1) is 19.0. The third-order valence-electron chi connectivity index (χ3n) is 6.66. The van der Waals surface area contributed by atoms with Gasteiger partial charge in [0.15, 0.2) is 0 Å². The molecule has 4 nitrogen and oxygen atoms in total. The molecule has 0 radical (unpaired) electrons. The maximum absolute atomic E-state index is 12.5. The Morgan fingerprint density at radius 1 is 0.929 bits per heavy atom. The van der Waals surface area contributed by atoms with Crippen LogP contribution in [0.4, 0.5) is 11.4 Å². The second-order valence-corrected chi connectivity index (χ2v) is 8.58. The predicted octanol–water partition coefficient (Wildman–Crippen LogP) is 5.07. The van der Waals surface area contributed by atoms with Gasteiger partial charge in [-0.25, -0.2) is 0 Å². The molecule has 1 spiro atoms. The van der Waals surface area contributed by atoms with Crippen molar-refractivity contribution in [3.8, 4) is 0 Å². The Hall–Kier alpha value is -2.33. The molecule has 0 aromatic heterocycles. The van der Waals surface area contributed by atoms with Crippen LogP contribution in [0.3, 0.4) is 0 Å². The number of anilines is 2. The van der Waals surface area contributed by atoms with Crippen LogP contribution in [0.5, 0.6) is 0 Å². The van der Waals surface area contributed by atoms with Crippen LogP contribution in [-0.4, -0.2) is 23.9 Å². The minimum Gasteiger partial charge on any atom is -0.397 e. The van der Waals surface area contributed by atoms with E-state index in [1.54, 1.807) is 6.07 Å². The first-order chi connectivity index (χ1) is 13.6. The van der Waals surface area contributed by atoms with Crippen LogP contribution >= 0.6 is 0 Å². The number of para-hydroxylation sites is 2. The van der Waals surface area contributed by atoms with Gasteiger partial charge in [0.25, 0.3) is 5.91 Å². The Labute approximate surface area is 168 Å². The van der Waals surface area contributed by atoms with Gasteiger partial charge in [0, 0.05) is 12.1 Å². The predicted molar refractivity (Wildman–Crippen MR) is 115 cm³/mol. The molecule has 1 aliphatic heterocycles. The Bertz CT molecular complexity index is 799. The average molecular weight is 378 g/mol. The van der Waals surface area contributed by atoms with Crippen LogP contribution in [0.2, 0.25) is 0 Å². The van der Waals surface area contributed by atoms with E-state index < -0.39 is 0 Å². The molecule has 1 saturated carbocycles. The summed E-state index contributed by atoms with van der Waals surface area (Å²) in [7, 11) is 0. The zero-order chi connectivity index (χ0) is 19.4. The normalized spacial score (nSPS) is 19.4. The quantitative estimate of drug-likeness (QED) is 0.732. The average Bonchev–Trinajstić information content (AvgIpc) is 2.73. The summed E-state index contributed by atoms with van der Waals surface area (Å²) < 4.78 is 0. The largest absolute Gasteiger partial charge is 0.397 e. The lowest BCUT2D eigenvalue weighted by molar-refractivity contribution is 0.0641. The number of nitrogens with zero attached hydrogens (tertiary/aromatic N) is 1. The lowest BCUT2D eigenvalue weighted by Gasteiger charge is -2.44. The minimum absolute atomic E-state index is 0.123. The number of rotatable bonds is 4. The summed E-state index contributed by atoms with van der Waals surface area (Å²) in [6, 6.07) is 15.3. The number of nitrogen functional groups attached to an aromatic ring is 1. The summed E-state index contributed by atoms with van der Waals surface area (Å²) in [5, 5.41) is 2.89. The number of benzene rings is 2. The minimum atomic E-state index is -0.123. The Morgan fingerprint density at radius 3 is 2.29 bits per heavy atom. The third kappa shape index (κ3) is 4.39. The molecule has 0 unspecified atom stereocenters. The van der Waals surface area contributed by atoms with Crippen molar-refractivity contribution >= 4 is 17.3 Å². The number of amides is 1. The highest BCUT2D eigenvalue weighted by Crippen LogP contribution is 2.44. The lowest BCUT2D eigenvalue weighted by Crippen LogP contribution is -2.40. The van der Waals surface area contributed by atoms with Crippen LogP contribution in [0.15, 0.2) is 48.5 Å². The van der Waals surface area contributed by atoms with Gasteiger partial charge in [0.1, 0.15) is 0 Å². The zero-order valence-electron chi connectivity index (χ0n) is 16.6. The van der Waals surface area contributed by atoms with Gasteiger partial charge in [-0.1, -0.05) is 43.5 Å². The highest BCUT2D eigenvalue weighted by Gasteiger charge is 2.35. The number of likely N-dealkylation sites (tertiary alicyclic amines) is 1. The topological polar surface area (TPSA) is 58.4 Å². The highest BCUT2D eigenvalue weighted by atomic mass is 16.1. The van der Waals surface area contributed by atoms with E-state index in [1.165, 1.54) is 63.6 Å². The Kier molecular flexibility index (Phi) is 5.67. The molecule has 28 heavy (non-hydrogen) atoms. The molecule has 1 saturated heterocycles. The van der Waals surface area contributed by atoms with Crippen molar-refractivity contribution in [3.63, 3.8) is 0 Å². The summed E-state index contributed by atoms with van der Waals surface area (Å²) in [6.45, 7) is 3.38. The fourth-order valence-electron chi connectivity index (χ4n) is 4.81. The smallest absolute Gasteiger partial charge is 0.255 e. The van der Waals surface area contributed by atoms with E-state index in [1.807, 2.05) is 30.3 Å². The number of carbonyl (C=O) groups is 1. The van der Waals surface area contributed by atoms with Gasteiger partial charge in [-0.3, -0.25) is 9.69 Å². The molecule has 0 atom stereocenters. The summed E-state index contributed by atoms with van der Waals surface area (Å²) in [5.41, 5.74) is 9.72. The van der Waals surface area contributed by atoms with Crippen LogP contribution in [-0.2, 0) is 6.54 Å². The van der Waals surface area contributed by atoms with Crippen LogP contribution in [0, 0.1) is 5.41 Å². The van der Waals surface area contributed by atoms with Crippen LogP contribution in [0.1, 0.15) is 60.9 Å². The molecule has 4 heteroatoms. The molecule has 1 heterocycles. The molecule has 0 bridgehead atoms. The van der Waals surface area contributed by atoms with Crippen LogP contribution < -0.4 is 11.1 Å². The summed E-state index contributed by atoms with van der Waals surface area (Å²) >= 11 is 0. The van der Waals surface area contributed by atoms with Crippen molar-refractivity contribution < 1.29 is 4.79 Å². The van der Waals surface area contributed by atoms with Crippen molar-refractivity contribution in [1.29, 1.82) is 0 Å². The first-order valence-electron chi connectivity index (χ1n) is 10.6. The second kappa shape index (κ2) is 8.36. The third-order valence-corrected chi connectivity index (χ3v) is 6.66. The maximum Gasteiger partial charge on any atom is 0.255 e. The number of hydrogen-bond donors (Lipinski definition) is 2. The fraction of sp³-hybridized carbons (Fsp3) is 0.458. The van der Waals surface area contributed by atoms with Crippen molar-refractivity contribution in [2.45, 2.75) is 51.5 Å². The Morgan fingerprint density at radius 2 is 1.61 bits per heavy atom. The molecule has 1 amide bonds. The molecule has 2 aromatic carbocycles. The van der Waals surface area contributed by atoms with Gasteiger partial charge in [0.2, 0.25) is 0 Å². The van der Waals surface area contributed by atoms with Gasteiger partial charge in [-0.2, -0.15) is 0 Å². The van der Waals surface area contributed by atoms with Crippen molar-refractivity contribution in [2.24, 2.45) is 5.41 Å². The van der Waals surface area contributed by atoms with E-state index in [-0.39, 0.29) is 5.91 Å². The van der Waals surface area contributed by atoms with Gasteiger partial charge in [-0.15, -0.1) is 0 Å². The van der Waals surface area contributed by atoms with Gasteiger partial charge in [-0.05, 0) is 74.0 Å². The van der Waals surface area contributed by atoms with Gasteiger partial charge >= 0.3 is 0 Å². The molecule has 4 rings (SSSR count). The molecule has 1 aliphatic carbocycles. The fourth-order valence-corrected chi connectivity index (χ4v) is 4.81. The van der Waals surface area contributed by atoms with E-state index in [0.717, 1.165) is 6.54 Å². The summed E-state index contributed by atoms with van der Waals surface area (Å²) in [5.74, 6) is -0.123. The molecule has 148 valence electrons. The summed E-state index contributed by atoms with van der Waals surface area (Å²) in [6.07, 6.45) is 9.88.